The van der Waals surface area contributed by atoms with Crippen LogP contribution in [0.3, 0.4) is 0 Å². The van der Waals surface area contributed by atoms with Crippen LogP contribution in [0.15, 0.2) is 69.5 Å². The fourth-order valence-electron chi connectivity index (χ4n) is 3.42. The lowest BCUT2D eigenvalue weighted by molar-refractivity contribution is 0.0953. The Kier molecular flexibility index (Phi) is 7.58. The topological polar surface area (TPSA) is 88.2 Å². The summed E-state index contributed by atoms with van der Waals surface area (Å²) in [6.07, 6.45) is 2.44. The third-order valence-electron chi connectivity index (χ3n) is 4.74. The summed E-state index contributed by atoms with van der Waals surface area (Å²) in [4.78, 5) is 17.5. The molecule has 3 rings (SSSR count). The van der Waals surface area contributed by atoms with E-state index in [1.54, 1.807) is 44.3 Å². The molecule has 6 nitrogen and oxygen atoms in total. The van der Waals surface area contributed by atoms with Crippen molar-refractivity contribution in [1.82, 2.24) is 10.3 Å². The summed E-state index contributed by atoms with van der Waals surface area (Å²) in [7, 11) is -3.69. The second-order valence-corrected chi connectivity index (χ2v) is 10.3. The molecule has 0 bridgehead atoms. The summed E-state index contributed by atoms with van der Waals surface area (Å²) in [5.41, 5.74) is 3.49. The Balaban J connectivity index is 1.68. The van der Waals surface area contributed by atoms with Crippen molar-refractivity contribution in [3.05, 3.63) is 77.0 Å². The monoisotopic (exact) mass is 469 g/mol. The van der Waals surface area contributed by atoms with Gasteiger partial charge in [0.25, 0.3) is 15.9 Å². The predicted octanol–water partition coefficient (Wildman–Crippen LogP) is 5.10. The molecule has 32 heavy (non-hydrogen) atoms. The minimum absolute atomic E-state index is 0.133. The molecule has 0 fully saturated rings. The number of pyridine rings is 1. The number of aryl methyl sites for hydroxylation is 3. The van der Waals surface area contributed by atoms with E-state index >= 15 is 0 Å². The fourth-order valence-corrected chi connectivity index (χ4v) is 5.69. The van der Waals surface area contributed by atoms with Crippen molar-refractivity contribution in [3.8, 4) is 0 Å². The summed E-state index contributed by atoms with van der Waals surface area (Å²) >= 11 is 1.44. The molecule has 1 aromatic heterocycles. The van der Waals surface area contributed by atoms with Crippen molar-refractivity contribution >= 4 is 33.4 Å². The number of sulfonamides is 1. The van der Waals surface area contributed by atoms with Crippen molar-refractivity contribution < 1.29 is 13.2 Å². The lowest BCUT2D eigenvalue weighted by atomic mass is 10.1. The van der Waals surface area contributed by atoms with E-state index in [-0.39, 0.29) is 5.91 Å². The molecule has 168 valence electrons. The molecule has 1 amide bonds. The van der Waals surface area contributed by atoms with Gasteiger partial charge in [-0.1, -0.05) is 36.4 Å². The Labute approximate surface area is 193 Å². The number of hydrogen-bond acceptors (Lipinski definition) is 5. The van der Waals surface area contributed by atoms with Gasteiger partial charge in [0, 0.05) is 23.3 Å². The largest absolute Gasteiger partial charge is 0.352 e. The second-order valence-electron chi connectivity index (χ2n) is 7.60. The first kappa shape index (κ1) is 23.8. The zero-order chi connectivity index (χ0) is 23.3. The van der Waals surface area contributed by atoms with Crippen molar-refractivity contribution in [2.24, 2.45) is 0 Å². The van der Waals surface area contributed by atoms with Gasteiger partial charge in [0.05, 0.1) is 10.5 Å². The Morgan fingerprint density at radius 1 is 1.00 bits per heavy atom. The van der Waals surface area contributed by atoms with Crippen LogP contribution in [0.4, 0.5) is 5.69 Å². The smallest absolute Gasteiger partial charge is 0.262 e. The predicted molar refractivity (Wildman–Crippen MR) is 129 cm³/mol. The molecule has 1 heterocycles. The highest BCUT2D eigenvalue weighted by Gasteiger charge is 2.20. The maximum absolute atomic E-state index is 12.9. The van der Waals surface area contributed by atoms with Gasteiger partial charge < -0.3 is 5.32 Å². The average molecular weight is 470 g/mol. The van der Waals surface area contributed by atoms with Gasteiger partial charge in [-0.25, -0.2) is 13.4 Å². The van der Waals surface area contributed by atoms with E-state index in [2.05, 4.69) is 15.0 Å². The lowest BCUT2D eigenvalue weighted by Gasteiger charge is -2.14. The average Bonchev–Trinajstić information content (AvgIpc) is 2.72. The van der Waals surface area contributed by atoms with E-state index in [1.807, 2.05) is 38.1 Å². The van der Waals surface area contributed by atoms with E-state index in [4.69, 9.17) is 0 Å². The van der Waals surface area contributed by atoms with Gasteiger partial charge in [0.1, 0.15) is 5.03 Å². The molecule has 2 aromatic carbocycles. The van der Waals surface area contributed by atoms with E-state index < -0.39 is 10.0 Å². The summed E-state index contributed by atoms with van der Waals surface area (Å²) in [5.74, 6) is -0.133. The molecule has 0 radical (unpaired) electrons. The molecule has 0 aliphatic heterocycles. The van der Waals surface area contributed by atoms with Crippen LogP contribution in [-0.2, 0) is 10.0 Å². The molecule has 0 saturated heterocycles. The Morgan fingerprint density at radius 2 is 1.66 bits per heavy atom. The van der Waals surface area contributed by atoms with Gasteiger partial charge in [-0.15, -0.1) is 0 Å². The van der Waals surface area contributed by atoms with Gasteiger partial charge >= 0.3 is 0 Å². The summed E-state index contributed by atoms with van der Waals surface area (Å²) in [6, 6.07) is 14.4. The molecule has 0 unspecified atom stereocenters. The van der Waals surface area contributed by atoms with Crippen molar-refractivity contribution in [3.63, 3.8) is 0 Å². The first-order valence-electron chi connectivity index (χ1n) is 10.3. The minimum Gasteiger partial charge on any atom is -0.352 e. The van der Waals surface area contributed by atoms with Crippen molar-refractivity contribution in [1.29, 1.82) is 0 Å². The Hall–Kier alpha value is -2.84. The van der Waals surface area contributed by atoms with Crippen LogP contribution in [-0.4, -0.2) is 25.9 Å². The summed E-state index contributed by atoms with van der Waals surface area (Å²) in [5, 5.41) is 3.57. The molecule has 0 saturated carbocycles. The molecule has 0 aliphatic carbocycles. The molecule has 8 heteroatoms. The third kappa shape index (κ3) is 5.89. The third-order valence-corrected chi connectivity index (χ3v) is 7.38. The number of nitrogens with one attached hydrogen (secondary N) is 2. The number of benzene rings is 2. The molecule has 0 atom stereocenters. The van der Waals surface area contributed by atoms with Crippen LogP contribution in [0.1, 0.15) is 40.4 Å². The first-order valence-corrected chi connectivity index (χ1v) is 12.6. The Bertz CT molecular complexity index is 1180. The second kappa shape index (κ2) is 10.2. The van der Waals surface area contributed by atoms with E-state index in [1.165, 1.54) is 11.8 Å². The van der Waals surface area contributed by atoms with Crippen molar-refractivity contribution in [2.45, 2.75) is 48.9 Å². The number of hydrogen-bond donors (Lipinski definition) is 2. The lowest BCUT2D eigenvalue weighted by Crippen LogP contribution is -2.23. The van der Waals surface area contributed by atoms with Crippen LogP contribution in [0.25, 0.3) is 0 Å². The van der Waals surface area contributed by atoms with Crippen LogP contribution < -0.4 is 10.0 Å². The zero-order valence-corrected chi connectivity index (χ0v) is 20.2. The van der Waals surface area contributed by atoms with Crippen LogP contribution in [0.2, 0.25) is 0 Å². The molecule has 0 spiro atoms. The summed E-state index contributed by atoms with van der Waals surface area (Å²) < 4.78 is 28.5. The molecule has 3 aromatic rings. The number of amides is 1. The van der Waals surface area contributed by atoms with Gasteiger partial charge in [0.2, 0.25) is 0 Å². The van der Waals surface area contributed by atoms with Gasteiger partial charge in [-0.2, -0.15) is 0 Å². The van der Waals surface area contributed by atoms with E-state index in [0.717, 1.165) is 33.0 Å². The van der Waals surface area contributed by atoms with Gasteiger partial charge in [0.15, 0.2) is 0 Å². The molecule has 0 aliphatic rings. The highest BCUT2D eigenvalue weighted by atomic mass is 32.2. The fraction of sp³-hybridized carbons (Fsp3) is 0.250. The minimum atomic E-state index is -3.69. The van der Waals surface area contributed by atoms with Crippen LogP contribution in [0, 0.1) is 20.8 Å². The van der Waals surface area contributed by atoms with E-state index in [0.29, 0.717) is 22.7 Å². The highest BCUT2D eigenvalue weighted by molar-refractivity contribution is 7.99. The van der Waals surface area contributed by atoms with E-state index in [9.17, 15) is 13.2 Å². The summed E-state index contributed by atoms with van der Waals surface area (Å²) in [6.45, 7) is 8.19. The number of anilines is 1. The number of aromatic nitrogens is 1. The zero-order valence-electron chi connectivity index (χ0n) is 18.6. The first-order chi connectivity index (χ1) is 15.2. The van der Waals surface area contributed by atoms with Crippen LogP contribution >= 0.6 is 11.8 Å². The van der Waals surface area contributed by atoms with Crippen LogP contribution in [0.5, 0.6) is 0 Å². The van der Waals surface area contributed by atoms with Gasteiger partial charge in [-0.3, -0.25) is 9.52 Å². The molecular formula is C24H27N3O3S2. The Morgan fingerprint density at radius 3 is 2.22 bits per heavy atom. The standard InChI is InChI=1S/C24H27N3O3S2/c1-5-12-25-24(28)19-6-11-22(26-15-19)31-21-9-7-20(8-10-21)27-32(29,30)23-17(3)13-16(2)14-18(23)4/h6-11,13-15,27H,5,12H2,1-4H3,(H,25,28). The number of carbonyl (C=O) groups is 1. The normalized spacial score (nSPS) is 11.2. The SMILES string of the molecule is CCCNC(=O)c1ccc(Sc2ccc(NS(=O)(=O)c3c(C)cc(C)cc3C)cc2)nc1. The van der Waals surface area contributed by atoms with Crippen molar-refractivity contribution in [2.75, 3.05) is 11.3 Å². The molecule has 2 N–H and O–H groups in total. The van der Waals surface area contributed by atoms with Gasteiger partial charge in [-0.05, 0) is 74.7 Å². The number of carbonyl (C=O) groups excluding carboxylic acids is 1. The number of nitrogens with zero attached hydrogens (tertiary/aromatic N) is 1. The maximum Gasteiger partial charge on any atom is 0.262 e. The molecular weight excluding hydrogens is 442 g/mol. The quantitative estimate of drug-likeness (QED) is 0.479. The maximum atomic E-state index is 12.9. The highest BCUT2D eigenvalue weighted by Crippen LogP contribution is 2.29. The number of rotatable bonds is 8.